The number of rotatable bonds is 12. The number of carbonyl (C=O) groups excluding carboxylic acids is 10. The van der Waals surface area contributed by atoms with Gasteiger partial charge >= 0.3 is 5.97 Å². The summed E-state index contributed by atoms with van der Waals surface area (Å²) >= 11 is 0. The molecule has 8 heterocycles. The van der Waals surface area contributed by atoms with Gasteiger partial charge in [0, 0.05) is 96.2 Å². The Balaban J connectivity index is 1.18. The lowest BCUT2D eigenvalue weighted by molar-refractivity contribution is -0.197. The van der Waals surface area contributed by atoms with Crippen molar-refractivity contribution in [1.29, 1.82) is 0 Å². The van der Waals surface area contributed by atoms with Gasteiger partial charge in [0.25, 0.3) is 69.5 Å². The Bertz CT molecular complexity index is 3350. The average molecular weight is 1150 g/mol. The summed E-state index contributed by atoms with van der Waals surface area (Å²) in [5, 5.41) is 55.6. The minimum absolute atomic E-state index is 0.0271. The van der Waals surface area contributed by atoms with Crippen LogP contribution in [0.5, 0.6) is 0 Å². The van der Waals surface area contributed by atoms with Crippen LogP contribution in [0, 0.1) is 0 Å². The maximum absolute atomic E-state index is 13.8. The molecule has 0 saturated carbocycles. The molecule has 1 fully saturated rings. The van der Waals surface area contributed by atoms with Crippen LogP contribution in [0.2, 0.25) is 0 Å². The van der Waals surface area contributed by atoms with Gasteiger partial charge in [-0.25, -0.2) is 4.79 Å². The van der Waals surface area contributed by atoms with E-state index in [1.54, 1.807) is 0 Å². The zero-order valence-electron chi connectivity index (χ0n) is 44.0. The van der Waals surface area contributed by atoms with Gasteiger partial charge in [-0.2, -0.15) is 0 Å². The molecule has 0 aliphatic carbocycles. The molecule has 438 valence electrons. The molecule has 0 radical (unpaired) electrons. The van der Waals surface area contributed by atoms with Crippen LogP contribution in [-0.2, 0) is 24.0 Å². The molecule has 4 aliphatic rings. The first-order valence-electron chi connectivity index (χ1n) is 26.0. The van der Waals surface area contributed by atoms with E-state index in [1.165, 1.54) is 34.1 Å². The first-order valence-corrected chi connectivity index (χ1v) is 26.0. The third-order valence-electron chi connectivity index (χ3n) is 13.0. The highest BCUT2D eigenvalue weighted by Crippen LogP contribution is 2.14. The van der Waals surface area contributed by atoms with Crippen molar-refractivity contribution < 1.29 is 73.6 Å². The highest BCUT2D eigenvalue weighted by atomic mass is 16.7. The predicted octanol–water partition coefficient (Wildman–Crippen LogP) is -1.81. The molecule has 9 N–H and O–H groups in total. The monoisotopic (exact) mass is 1140 g/mol. The molecule has 31 nitrogen and oxygen atoms in total. The van der Waals surface area contributed by atoms with Crippen LogP contribution in [-0.4, -0.2) is 172 Å². The third-order valence-corrected chi connectivity index (χ3v) is 13.0. The van der Waals surface area contributed by atoms with Gasteiger partial charge in [-0.3, -0.25) is 62.3 Å². The van der Waals surface area contributed by atoms with E-state index >= 15 is 0 Å². The number of imide groups is 1. The van der Waals surface area contributed by atoms with Crippen molar-refractivity contribution in [3.63, 3.8) is 0 Å². The van der Waals surface area contributed by atoms with E-state index in [2.05, 4.69) is 26.6 Å². The number of carbonyl (C=O) groups is 10. The van der Waals surface area contributed by atoms with E-state index in [4.69, 9.17) is 4.84 Å². The molecule has 4 aromatic rings. The lowest BCUT2D eigenvalue weighted by Crippen LogP contribution is -2.46. The summed E-state index contributed by atoms with van der Waals surface area (Å²) in [5.41, 5.74) is -7.72. The summed E-state index contributed by atoms with van der Waals surface area (Å²) in [6, 6.07) is 9.80. The number of hydrogen-bond acceptors (Lipinski definition) is 19. The normalized spacial score (nSPS) is 16.4. The van der Waals surface area contributed by atoms with Crippen LogP contribution < -0.4 is 48.8 Å². The Morgan fingerprint density at radius 2 is 1.02 bits per heavy atom. The Morgan fingerprint density at radius 1 is 0.537 bits per heavy atom. The number of hydroxylamine groups is 2. The number of unbranched alkanes of at least 4 members (excludes halogenated alkanes) is 1. The van der Waals surface area contributed by atoms with E-state index < -0.39 is 128 Å². The standard InChI is InChI=1S/C51H60N12O19/c64-38(13-7-16-43(69)82-63-41(67)21-22-42(63)68)52-23-2-1-10-31-30-55-46(72)34-19-17-32(48(74)61(34)80)44(70)53-24-8-28-57(50(76)36-11-5-14-39(65)59(36)78)26-3-4-27-58(51(77)37-12-6-15-40(66)60(37)79)29-9-25-54-45(71)33-18-20-35(47(73)56-31)62(81)49(33)75/h5-6,11-12,14-15,17-20,31,78-81H,1-4,7-10,13,16,21-30H2,(H,52,64)(H,53,70)(H,54,71)(H,55,72)(H,56,73). The molecule has 4 aliphatic heterocycles. The Morgan fingerprint density at radius 3 is 1.54 bits per heavy atom. The summed E-state index contributed by atoms with van der Waals surface area (Å²) in [6.07, 6.45) is 0.477. The molecule has 0 spiro atoms. The maximum atomic E-state index is 13.8. The molecule has 1 unspecified atom stereocenters. The van der Waals surface area contributed by atoms with Crippen LogP contribution in [0.15, 0.2) is 79.8 Å². The largest absolute Gasteiger partial charge is 0.425 e. The highest BCUT2D eigenvalue weighted by Gasteiger charge is 2.33. The SMILES string of the molecule is O=C(CCCC(=O)ON1C(=O)CCC1=O)NCCCCC1CNC(=O)c2ccc(c(=O)n2O)C(=O)NCCCN(C(=O)c2cccc(=O)n2O)CCCCN(C(=O)c2cccc(=O)n2O)CCCNC(=O)c2ccc(n(O)c2=O)C(=O)N1. The summed E-state index contributed by atoms with van der Waals surface area (Å²) in [7, 11) is 0. The maximum Gasteiger partial charge on any atom is 0.333 e. The molecule has 4 bridgehead atoms. The van der Waals surface area contributed by atoms with Gasteiger partial charge in [0.1, 0.15) is 33.9 Å². The van der Waals surface area contributed by atoms with Crippen LogP contribution in [0.3, 0.4) is 0 Å². The van der Waals surface area contributed by atoms with Gasteiger partial charge in [0.15, 0.2) is 0 Å². The van der Waals surface area contributed by atoms with Gasteiger partial charge in [-0.15, -0.1) is 24.0 Å². The van der Waals surface area contributed by atoms with E-state index in [-0.39, 0.29) is 142 Å². The topological polar surface area (TPSA) is 419 Å². The van der Waals surface area contributed by atoms with E-state index in [0.29, 0.717) is 5.06 Å². The molecule has 82 heavy (non-hydrogen) atoms. The van der Waals surface area contributed by atoms with Crippen molar-refractivity contribution in [2.24, 2.45) is 0 Å². The van der Waals surface area contributed by atoms with Gasteiger partial charge in [0.05, 0.1) is 0 Å². The smallest absolute Gasteiger partial charge is 0.333 e. The average Bonchev–Trinajstić information content (AvgIpc) is 3.96. The first kappa shape index (κ1) is 61.1. The fourth-order valence-corrected chi connectivity index (χ4v) is 8.55. The van der Waals surface area contributed by atoms with Crippen molar-refractivity contribution in [2.75, 3.05) is 52.4 Å². The van der Waals surface area contributed by atoms with Crippen LogP contribution in [0.4, 0.5) is 0 Å². The quantitative estimate of drug-likeness (QED) is 0.0429. The van der Waals surface area contributed by atoms with Crippen molar-refractivity contribution in [1.82, 2.24) is 60.4 Å². The Hall–Kier alpha value is -10.1. The number of nitrogens with one attached hydrogen (secondary N) is 5. The second-order valence-corrected chi connectivity index (χ2v) is 18.8. The third kappa shape index (κ3) is 15.8. The van der Waals surface area contributed by atoms with E-state index in [9.17, 15) is 88.0 Å². The van der Waals surface area contributed by atoms with Crippen LogP contribution in [0.25, 0.3) is 0 Å². The summed E-state index contributed by atoms with van der Waals surface area (Å²) < 4.78 is 0.164. The minimum atomic E-state index is -1.32. The van der Waals surface area contributed by atoms with Crippen molar-refractivity contribution in [3.05, 3.63) is 136 Å². The fourth-order valence-electron chi connectivity index (χ4n) is 8.55. The van der Waals surface area contributed by atoms with Gasteiger partial charge in [-0.1, -0.05) is 12.1 Å². The second kappa shape index (κ2) is 28.7. The van der Waals surface area contributed by atoms with Crippen molar-refractivity contribution in [2.45, 2.75) is 83.1 Å². The number of pyridine rings is 4. The molecule has 31 heteroatoms. The lowest BCUT2D eigenvalue weighted by atomic mass is 10.1. The zero-order valence-corrected chi connectivity index (χ0v) is 44.0. The summed E-state index contributed by atoms with van der Waals surface area (Å²) in [5.74, 6) is -8.30. The molecular weight excluding hydrogens is 1080 g/mol. The molecular formula is C51H60N12O19. The molecule has 1 saturated heterocycles. The van der Waals surface area contributed by atoms with E-state index in [0.717, 1.165) is 36.4 Å². The second-order valence-electron chi connectivity index (χ2n) is 18.8. The Kier molecular flexibility index (Phi) is 21.4. The van der Waals surface area contributed by atoms with Crippen LogP contribution in [0.1, 0.15) is 140 Å². The lowest BCUT2D eigenvalue weighted by Gasteiger charge is -2.26. The first-order chi connectivity index (χ1) is 39.2. The fraction of sp³-hybridized carbons (Fsp3) is 0.412. The van der Waals surface area contributed by atoms with Gasteiger partial charge in [0.2, 0.25) is 5.91 Å². The number of hydrogen-bond donors (Lipinski definition) is 9. The molecule has 9 amide bonds. The Labute approximate surface area is 463 Å². The summed E-state index contributed by atoms with van der Waals surface area (Å²) in [6.45, 7) is -0.966. The van der Waals surface area contributed by atoms with Gasteiger partial charge < -0.3 is 62.1 Å². The number of aromatic nitrogens is 4. The zero-order chi connectivity index (χ0) is 59.6. The van der Waals surface area contributed by atoms with Crippen LogP contribution >= 0.6 is 0 Å². The van der Waals surface area contributed by atoms with E-state index in [1.807, 2.05) is 0 Å². The molecule has 0 aromatic carbocycles. The molecule has 8 rings (SSSR count). The number of amides is 9. The minimum Gasteiger partial charge on any atom is -0.425 e. The highest BCUT2D eigenvalue weighted by molar-refractivity contribution is 6.02. The molecule has 4 aromatic heterocycles. The van der Waals surface area contributed by atoms with Gasteiger partial charge in [-0.05, 0) is 87.8 Å². The number of nitrogens with zero attached hydrogens (tertiary/aromatic N) is 7. The van der Waals surface area contributed by atoms with Crippen molar-refractivity contribution >= 4 is 59.1 Å². The summed E-state index contributed by atoms with van der Waals surface area (Å²) in [4.78, 5) is 188. The number of fused-ring (bicyclic) bond motifs is 2. The predicted molar refractivity (Wildman–Crippen MR) is 278 cm³/mol. The van der Waals surface area contributed by atoms with Crippen molar-refractivity contribution in [3.8, 4) is 0 Å². The molecule has 1 atom stereocenters.